The minimum Gasteiger partial charge on any atom is -0.474 e. The molecule has 0 fully saturated rings. The van der Waals surface area contributed by atoms with E-state index in [1.165, 1.54) is 7.11 Å². The number of carbonyl (C=O) groups is 2. The summed E-state index contributed by atoms with van der Waals surface area (Å²) < 4.78 is 16.3. The number of ether oxygens (including phenoxy) is 3. The normalized spacial score (nSPS) is 15.3. The highest BCUT2D eigenvalue weighted by molar-refractivity contribution is 5.92. The van der Waals surface area contributed by atoms with Crippen molar-refractivity contribution in [3.8, 4) is 5.88 Å². The van der Waals surface area contributed by atoms with Crippen LogP contribution in [0.5, 0.6) is 5.88 Å². The zero-order valence-corrected chi connectivity index (χ0v) is 24.4. The van der Waals surface area contributed by atoms with Gasteiger partial charge in [-0.25, -0.2) is 19.7 Å². The summed E-state index contributed by atoms with van der Waals surface area (Å²) in [5.41, 5.74) is 5.54. The molecule has 0 spiro atoms. The number of nitrogens with zero attached hydrogens (tertiary/aromatic N) is 5. The number of benzene rings is 1. The fourth-order valence-electron chi connectivity index (χ4n) is 5.01. The molecule has 0 aliphatic carbocycles. The number of hydrogen-bond acceptors (Lipinski definition) is 10. The molecule has 11 heteroatoms. The standard InChI is InChI=1S/C30H36N6O5/c1-18(27(37)39-6)20-7-9-22(10-8-20)33-28-32-15-21-11-12-35(17-23(21)34-28)24-16-31-26-25(19(24)2)36(13-14-40-26)29(38)41-30(3,4)5/h7-10,15-16,18H,11-14,17H2,1-6H3,(H,32,33,34). The molecule has 1 amide bonds. The van der Waals surface area contributed by atoms with Crippen LogP contribution in [0, 0.1) is 6.92 Å². The van der Waals surface area contributed by atoms with Crippen molar-refractivity contribution in [1.29, 1.82) is 0 Å². The number of esters is 1. The van der Waals surface area contributed by atoms with Crippen molar-refractivity contribution in [1.82, 2.24) is 15.0 Å². The molecule has 2 aliphatic heterocycles. The van der Waals surface area contributed by atoms with Crippen molar-refractivity contribution in [2.24, 2.45) is 0 Å². The van der Waals surface area contributed by atoms with E-state index in [0.717, 1.165) is 46.7 Å². The Balaban J connectivity index is 1.35. The maximum Gasteiger partial charge on any atom is 0.415 e. The van der Waals surface area contributed by atoms with E-state index in [0.29, 0.717) is 37.2 Å². The van der Waals surface area contributed by atoms with Crippen LogP contribution in [0.2, 0.25) is 0 Å². The highest BCUT2D eigenvalue weighted by atomic mass is 16.6. The van der Waals surface area contributed by atoms with E-state index in [1.807, 2.05) is 65.1 Å². The first-order valence-corrected chi connectivity index (χ1v) is 13.7. The van der Waals surface area contributed by atoms with E-state index < -0.39 is 11.7 Å². The number of anilines is 4. The third kappa shape index (κ3) is 6.03. The molecule has 1 N–H and O–H groups in total. The van der Waals surface area contributed by atoms with E-state index in [9.17, 15) is 9.59 Å². The maximum absolute atomic E-state index is 13.0. The Kier molecular flexibility index (Phi) is 7.70. The molecule has 4 heterocycles. The van der Waals surface area contributed by atoms with Gasteiger partial charge >= 0.3 is 12.1 Å². The molecule has 3 aromatic rings. The molecule has 1 unspecified atom stereocenters. The number of hydrogen-bond donors (Lipinski definition) is 1. The minimum atomic E-state index is -0.611. The number of carbonyl (C=O) groups excluding carboxylic acids is 2. The molecule has 0 radical (unpaired) electrons. The van der Waals surface area contributed by atoms with Gasteiger partial charge in [-0.15, -0.1) is 0 Å². The summed E-state index contributed by atoms with van der Waals surface area (Å²) in [5, 5.41) is 3.26. The Bertz CT molecular complexity index is 1450. The van der Waals surface area contributed by atoms with Gasteiger partial charge in [0, 0.05) is 24.0 Å². The van der Waals surface area contributed by atoms with Gasteiger partial charge in [0.1, 0.15) is 17.9 Å². The van der Waals surface area contributed by atoms with Crippen molar-refractivity contribution < 1.29 is 23.8 Å². The molecular weight excluding hydrogens is 524 g/mol. The predicted octanol–water partition coefficient (Wildman–Crippen LogP) is 4.90. The molecule has 41 heavy (non-hydrogen) atoms. The number of pyridine rings is 1. The van der Waals surface area contributed by atoms with Crippen molar-refractivity contribution in [2.75, 3.05) is 41.9 Å². The van der Waals surface area contributed by atoms with Gasteiger partial charge in [0.05, 0.1) is 43.7 Å². The van der Waals surface area contributed by atoms with Crippen molar-refractivity contribution in [2.45, 2.75) is 59.1 Å². The summed E-state index contributed by atoms with van der Waals surface area (Å²) >= 11 is 0. The van der Waals surface area contributed by atoms with Gasteiger partial charge < -0.3 is 24.4 Å². The lowest BCUT2D eigenvalue weighted by Gasteiger charge is -2.35. The van der Waals surface area contributed by atoms with Gasteiger partial charge in [-0.3, -0.25) is 9.69 Å². The van der Waals surface area contributed by atoms with Gasteiger partial charge in [-0.1, -0.05) is 12.1 Å². The second-order valence-electron chi connectivity index (χ2n) is 11.2. The Morgan fingerprint density at radius 2 is 1.85 bits per heavy atom. The Morgan fingerprint density at radius 1 is 1.10 bits per heavy atom. The largest absolute Gasteiger partial charge is 0.474 e. The smallest absolute Gasteiger partial charge is 0.415 e. The number of fused-ring (bicyclic) bond motifs is 2. The lowest BCUT2D eigenvalue weighted by atomic mass is 10.0. The van der Waals surface area contributed by atoms with Crippen molar-refractivity contribution in [3.63, 3.8) is 0 Å². The fourth-order valence-corrected chi connectivity index (χ4v) is 5.01. The second-order valence-corrected chi connectivity index (χ2v) is 11.2. The molecule has 0 bridgehead atoms. The SMILES string of the molecule is COC(=O)C(C)c1ccc(Nc2ncc3c(n2)CN(c2cnc4c(c2C)N(C(=O)OC(C)(C)C)CCO4)CC3)cc1. The zero-order valence-electron chi connectivity index (χ0n) is 24.4. The quantitative estimate of drug-likeness (QED) is 0.432. The van der Waals surface area contributed by atoms with E-state index in [-0.39, 0.29) is 11.9 Å². The first-order valence-electron chi connectivity index (χ1n) is 13.7. The summed E-state index contributed by atoms with van der Waals surface area (Å²) in [4.78, 5) is 42.6. The van der Waals surface area contributed by atoms with Gasteiger partial charge in [0.15, 0.2) is 0 Å². The third-order valence-corrected chi connectivity index (χ3v) is 7.19. The molecule has 1 aromatic carbocycles. The predicted molar refractivity (Wildman–Crippen MR) is 155 cm³/mol. The molecule has 216 valence electrons. The molecule has 5 rings (SSSR count). The average molecular weight is 561 g/mol. The van der Waals surface area contributed by atoms with Crippen LogP contribution in [0.25, 0.3) is 0 Å². The Morgan fingerprint density at radius 3 is 2.56 bits per heavy atom. The maximum atomic E-state index is 13.0. The summed E-state index contributed by atoms with van der Waals surface area (Å²) in [6.45, 7) is 11.4. The highest BCUT2D eigenvalue weighted by Gasteiger charge is 2.32. The second kappa shape index (κ2) is 11.2. The number of aromatic nitrogens is 3. The Labute approximate surface area is 239 Å². The van der Waals surface area contributed by atoms with Crippen LogP contribution in [-0.4, -0.2) is 59.4 Å². The van der Waals surface area contributed by atoms with Crippen LogP contribution in [0.15, 0.2) is 36.7 Å². The van der Waals surface area contributed by atoms with Crippen LogP contribution >= 0.6 is 0 Å². The third-order valence-electron chi connectivity index (χ3n) is 7.19. The summed E-state index contributed by atoms with van der Waals surface area (Å²) in [6, 6.07) is 7.56. The first-order chi connectivity index (χ1) is 19.5. The summed E-state index contributed by atoms with van der Waals surface area (Å²) in [7, 11) is 1.39. The van der Waals surface area contributed by atoms with Crippen LogP contribution in [-0.2, 0) is 27.2 Å². The van der Waals surface area contributed by atoms with E-state index >= 15 is 0 Å². The van der Waals surface area contributed by atoms with Crippen LogP contribution in [0.3, 0.4) is 0 Å². The number of rotatable bonds is 5. The van der Waals surface area contributed by atoms with Crippen LogP contribution in [0.1, 0.15) is 56.0 Å². The van der Waals surface area contributed by atoms with Gasteiger partial charge in [-0.05, 0) is 64.3 Å². The molecule has 2 aliphatic rings. The van der Waals surface area contributed by atoms with E-state index in [2.05, 4.69) is 20.2 Å². The molecular formula is C30H36N6O5. The topological polar surface area (TPSA) is 119 Å². The van der Waals surface area contributed by atoms with Crippen molar-refractivity contribution in [3.05, 3.63) is 59.0 Å². The molecule has 1 atom stereocenters. The molecule has 11 nitrogen and oxygen atoms in total. The molecule has 2 aromatic heterocycles. The van der Waals surface area contributed by atoms with E-state index in [1.54, 1.807) is 11.1 Å². The van der Waals surface area contributed by atoms with Gasteiger partial charge in [-0.2, -0.15) is 0 Å². The van der Waals surface area contributed by atoms with Crippen molar-refractivity contribution >= 4 is 35.1 Å². The van der Waals surface area contributed by atoms with Crippen LogP contribution in [0.4, 0.5) is 27.8 Å². The average Bonchev–Trinajstić information content (AvgIpc) is 2.95. The lowest BCUT2D eigenvalue weighted by molar-refractivity contribution is -0.142. The molecule has 0 saturated heterocycles. The molecule has 0 saturated carbocycles. The zero-order chi connectivity index (χ0) is 29.3. The summed E-state index contributed by atoms with van der Waals surface area (Å²) in [6.07, 6.45) is 4.03. The fraction of sp³-hybridized carbons (Fsp3) is 0.433. The lowest BCUT2D eigenvalue weighted by Crippen LogP contribution is -2.42. The first kappa shape index (κ1) is 28.1. The number of amides is 1. The van der Waals surface area contributed by atoms with E-state index in [4.69, 9.17) is 19.2 Å². The van der Waals surface area contributed by atoms with Crippen LogP contribution < -0.4 is 19.9 Å². The van der Waals surface area contributed by atoms with Gasteiger partial charge in [0.2, 0.25) is 11.8 Å². The Hall–Kier alpha value is -4.41. The minimum absolute atomic E-state index is 0.275. The van der Waals surface area contributed by atoms with Gasteiger partial charge in [0.25, 0.3) is 0 Å². The monoisotopic (exact) mass is 560 g/mol. The number of methoxy groups -OCH3 is 1. The number of nitrogens with one attached hydrogen (secondary N) is 1. The summed E-state index contributed by atoms with van der Waals surface area (Å²) in [5.74, 6) is 0.304. The highest BCUT2D eigenvalue weighted by Crippen LogP contribution is 2.39.